The Bertz CT molecular complexity index is 375. The topological polar surface area (TPSA) is 58.6 Å². The molecule has 0 aromatic heterocycles. The van der Waals surface area contributed by atoms with E-state index < -0.39 is 0 Å². The SMILES string of the molecule is CCOC(=O)CCCNC(C)Cc1ccc(O)cc1. The molecule has 0 saturated heterocycles. The normalized spacial score (nSPS) is 12.1. The van der Waals surface area contributed by atoms with Crippen LogP contribution in [0.5, 0.6) is 5.75 Å². The molecule has 0 aliphatic carbocycles. The third kappa shape index (κ3) is 6.82. The monoisotopic (exact) mass is 265 g/mol. The van der Waals surface area contributed by atoms with Gasteiger partial charge in [0.25, 0.3) is 0 Å². The summed E-state index contributed by atoms with van der Waals surface area (Å²) < 4.78 is 4.87. The van der Waals surface area contributed by atoms with Gasteiger partial charge in [-0.25, -0.2) is 0 Å². The molecule has 106 valence electrons. The van der Waals surface area contributed by atoms with Gasteiger partial charge in [-0.3, -0.25) is 4.79 Å². The number of carbonyl (C=O) groups is 1. The third-order valence-electron chi connectivity index (χ3n) is 2.83. The number of carbonyl (C=O) groups excluding carboxylic acids is 1. The molecule has 0 aliphatic heterocycles. The molecule has 0 radical (unpaired) electrons. The predicted octanol–water partition coefficient (Wildman–Crippen LogP) is 2.26. The van der Waals surface area contributed by atoms with Crippen LogP contribution in [-0.2, 0) is 16.0 Å². The fourth-order valence-electron chi connectivity index (χ4n) is 1.87. The van der Waals surface area contributed by atoms with Crippen LogP contribution in [0.2, 0.25) is 0 Å². The van der Waals surface area contributed by atoms with E-state index in [1.54, 1.807) is 12.1 Å². The highest BCUT2D eigenvalue weighted by Gasteiger charge is 2.05. The minimum absolute atomic E-state index is 0.129. The second kappa shape index (κ2) is 8.53. The lowest BCUT2D eigenvalue weighted by Crippen LogP contribution is -2.29. The van der Waals surface area contributed by atoms with Gasteiger partial charge in [-0.1, -0.05) is 12.1 Å². The van der Waals surface area contributed by atoms with Gasteiger partial charge in [0, 0.05) is 12.5 Å². The minimum atomic E-state index is -0.129. The summed E-state index contributed by atoms with van der Waals surface area (Å²) in [4.78, 5) is 11.1. The molecule has 0 fully saturated rings. The number of nitrogens with one attached hydrogen (secondary N) is 1. The number of benzene rings is 1. The van der Waals surface area contributed by atoms with Crippen molar-refractivity contribution < 1.29 is 14.6 Å². The van der Waals surface area contributed by atoms with E-state index in [1.807, 2.05) is 19.1 Å². The van der Waals surface area contributed by atoms with Gasteiger partial charge in [-0.2, -0.15) is 0 Å². The van der Waals surface area contributed by atoms with Crippen LogP contribution in [0.25, 0.3) is 0 Å². The van der Waals surface area contributed by atoms with Crippen molar-refractivity contribution in [3.05, 3.63) is 29.8 Å². The molecule has 1 atom stereocenters. The van der Waals surface area contributed by atoms with Gasteiger partial charge < -0.3 is 15.2 Å². The van der Waals surface area contributed by atoms with Gasteiger partial charge in [0.05, 0.1) is 6.61 Å². The minimum Gasteiger partial charge on any atom is -0.508 e. The molecule has 1 rings (SSSR count). The summed E-state index contributed by atoms with van der Waals surface area (Å²) in [5, 5.41) is 12.6. The summed E-state index contributed by atoms with van der Waals surface area (Å²) in [5.74, 6) is 0.161. The highest BCUT2D eigenvalue weighted by Crippen LogP contribution is 2.11. The Hall–Kier alpha value is -1.55. The number of rotatable bonds is 8. The van der Waals surface area contributed by atoms with Gasteiger partial charge in [-0.15, -0.1) is 0 Å². The second-order valence-electron chi connectivity index (χ2n) is 4.63. The van der Waals surface area contributed by atoms with E-state index in [0.29, 0.717) is 24.8 Å². The largest absolute Gasteiger partial charge is 0.508 e. The van der Waals surface area contributed by atoms with E-state index >= 15 is 0 Å². The van der Waals surface area contributed by atoms with Crippen LogP contribution in [0.1, 0.15) is 32.3 Å². The first-order valence-corrected chi connectivity index (χ1v) is 6.78. The van der Waals surface area contributed by atoms with Crippen molar-refractivity contribution in [3.63, 3.8) is 0 Å². The Balaban J connectivity index is 2.16. The summed E-state index contributed by atoms with van der Waals surface area (Å²) >= 11 is 0. The van der Waals surface area contributed by atoms with Gasteiger partial charge in [0.2, 0.25) is 0 Å². The number of hydrogen-bond donors (Lipinski definition) is 2. The smallest absolute Gasteiger partial charge is 0.305 e. The van der Waals surface area contributed by atoms with E-state index in [9.17, 15) is 9.90 Å². The van der Waals surface area contributed by atoms with Crippen molar-refractivity contribution in [1.82, 2.24) is 5.32 Å². The maximum atomic E-state index is 11.1. The van der Waals surface area contributed by atoms with Crippen LogP contribution >= 0.6 is 0 Å². The molecule has 1 aromatic rings. The summed E-state index contributed by atoms with van der Waals surface area (Å²) in [7, 11) is 0. The Morgan fingerprint density at radius 3 is 2.68 bits per heavy atom. The van der Waals surface area contributed by atoms with Gasteiger partial charge >= 0.3 is 5.97 Å². The molecular weight excluding hydrogens is 242 g/mol. The fourth-order valence-corrected chi connectivity index (χ4v) is 1.87. The number of aromatic hydroxyl groups is 1. The molecule has 2 N–H and O–H groups in total. The van der Waals surface area contributed by atoms with E-state index in [2.05, 4.69) is 12.2 Å². The van der Waals surface area contributed by atoms with E-state index in [4.69, 9.17) is 4.74 Å². The zero-order valence-electron chi connectivity index (χ0n) is 11.7. The molecule has 0 aliphatic rings. The van der Waals surface area contributed by atoms with Crippen molar-refractivity contribution in [2.24, 2.45) is 0 Å². The lowest BCUT2D eigenvalue weighted by molar-refractivity contribution is -0.143. The fraction of sp³-hybridized carbons (Fsp3) is 0.533. The molecule has 0 spiro atoms. The molecule has 0 heterocycles. The van der Waals surface area contributed by atoms with Crippen LogP contribution in [0.15, 0.2) is 24.3 Å². The molecule has 4 heteroatoms. The van der Waals surface area contributed by atoms with Crippen molar-refractivity contribution in [3.8, 4) is 5.75 Å². The molecule has 19 heavy (non-hydrogen) atoms. The lowest BCUT2D eigenvalue weighted by Gasteiger charge is -2.13. The maximum absolute atomic E-state index is 11.1. The van der Waals surface area contributed by atoms with Crippen LogP contribution in [0.4, 0.5) is 0 Å². The Kier molecular flexibility index (Phi) is 6.97. The van der Waals surface area contributed by atoms with Gasteiger partial charge in [0.1, 0.15) is 5.75 Å². The average molecular weight is 265 g/mol. The number of ether oxygens (including phenoxy) is 1. The van der Waals surface area contributed by atoms with Crippen LogP contribution in [0.3, 0.4) is 0 Å². The molecule has 0 amide bonds. The van der Waals surface area contributed by atoms with E-state index in [-0.39, 0.29) is 5.97 Å². The van der Waals surface area contributed by atoms with Crippen molar-refractivity contribution in [2.45, 2.75) is 39.2 Å². The second-order valence-corrected chi connectivity index (χ2v) is 4.63. The lowest BCUT2D eigenvalue weighted by atomic mass is 10.1. The number of phenols is 1. The molecule has 1 unspecified atom stereocenters. The van der Waals surface area contributed by atoms with Crippen molar-refractivity contribution in [2.75, 3.05) is 13.2 Å². The third-order valence-corrected chi connectivity index (χ3v) is 2.83. The standard InChI is InChI=1S/C15H23NO3/c1-3-19-15(18)5-4-10-16-12(2)11-13-6-8-14(17)9-7-13/h6-9,12,16-17H,3-5,10-11H2,1-2H3. The Morgan fingerprint density at radius 1 is 1.37 bits per heavy atom. The van der Waals surface area contributed by atoms with E-state index in [0.717, 1.165) is 19.4 Å². The molecule has 0 bridgehead atoms. The summed E-state index contributed by atoms with van der Waals surface area (Å²) in [6.45, 7) is 5.18. The Labute approximate surface area is 114 Å². The summed E-state index contributed by atoms with van der Waals surface area (Å²) in [6.07, 6.45) is 2.16. The Morgan fingerprint density at radius 2 is 2.05 bits per heavy atom. The zero-order chi connectivity index (χ0) is 14.1. The van der Waals surface area contributed by atoms with Gasteiger partial charge in [0.15, 0.2) is 0 Å². The first kappa shape index (κ1) is 15.5. The predicted molar refractivity (Wildman–Crippen MR) is 75.1 cm³/mol. The molecule has 4 nitrogen and oxygen atoms in total. The number of esters is 1. The summed E-state index contributed by atoms with van der Waals surface area (Å²) in [6, 6.07) is 7.58. The highest BCUT2D eigenvalue weighted by molar-refractivity contribution is 5.69. The molecule has 0 saturated carbocycles. The summed E-state index contributed by atoms with van der Waals surface area (Å²) in [5.41, 5.74) is 1.18. The van der Waals surface area contributed by atoms with E-state index in [1.165, 1.54) is 5.56 Å². The zero-order valence-corrected chi connectivity index (χ0v) is 11.7. The first-order valence-electron chi connectivity index (χ1n) is 6.78. The van der Waals surface area contributed by atoms with Gasteiger partial charge in [-0.05, 0) is 50.9 Å². The molecule has 1 aromatic carbocycles. The number of phenolic OH excluding ortho intramolecular Hbond substituents is 1. The van der Waals surface area contributed by atoms with Crippen molar-refractivity contribution in [1.29, 1.82) is 0 Å². The van der Waals surface area contributed by atoms with Crippen LogP contribution in [-0.4, -0.2) is 30.3 Å². The van der Waals surface area contributed by atoms with Crippen LogP contribution in [0, 0.1) is 0 Å². The van der Waals surface area contributed by atoms with Crippen LogP contribution < -0.4 is 5.32 Å². The first-order chi connectivity index (χ1) is 9.11. The quantitative estimate of drug-likeness (QED) is 0.559. The van der Waals surface area contributed by atoms with Crippen molar-refractivity contribution >= 4 is 5.97 Å². The molecular formula is C15H23NO3. The maximum Gasteiger partial charge on any atom is 0.305 e. The number of hydrogen-bond acceptors (Lipinski definition) is 4. The average Bonchev–Trinajstić information content (AvgIpc) is 2.38. The highest BCUT2D eigenvalue weighted by atomic mass is 16.5.